The summed E-state index contributed by atoms with van der Waals surface area (Å²) in [6.45, 7) is 6.43. The van der Waals surface area contributed by atoms with Crippen LogP contribution in [0, 0.1) is 0 Å². The highest BCUT2D eigenvalue weighted by atomic mass is 16.6. The maximum atomic E-state index is 12.8. The topological polar surface area (TPSA) is 78.9 Å². The SMILES string of the molecule is CC/C=C\C/C=C\C/C=C\CCCCCCCC(=O)OC(COC(=O)CCCCCCC/C=C\CCC)COC(=O)CCCCCCCCCCC/C=C\C/C=C\CCCCCCC. The van der Waals surface area contributed by atoms with Gasteiger partial charge in [-0.3, -0.25) is 14.4 Å². The summed E-state index contributed by atoms with van der Waals surface area (Å²) in [5.41, 5.74) is 0. The van der Waals surface area contributed by atoms with E-state index in [4.69, 9.17) is 14.2 Å². The van der Waals surface area contributed by atoms with Crippen molar-refractivity contribution >= 4 is 17.9 Å². The minimum Gasteiger partial charge on any atom is -0.462 e. The smallest absolute Gasteiger partial charge is 0.306 e. The molecule has 6 heteroatoms. The molecule has 0 saturated carbocycles. The van der Waals surface area contributed by atoms with Gasteiger partial charge in [0.1, 0.15) is 13.2 Å². The van der Waals surface area contributed by atoms with Crippen LogP contribution in [0.25, 0.3) is 0 Å². The number of ether oxygens (including phenoxy) is 3. The highest BCUT2D eigenvalue weighted by Crippen LogP contribution is 2.14. The Morgan fingerprint density at radius 2 is 0.641 bits per heavy atom. The third-order valence-electron chi connectivity index (χ3n) is 11.4. The Kier molecular flexibility index (Phi) is 49.9. The lowest BCUT2D eigenvalue weighted by molar-refractivity contribution is -0.167. The summed E-state index contributed by atoms with van der Waals surface area (Å²) < 4.78 is 16.8. The summed E-state index contributed by atoms with van der Waals surface area (Å²) in [5.74, 6) is -0.917. The molecule has 6 nitrogen and oxygen atoms in total. The minimum atomic E-state index is -0.788. The summed E-state index contributed by atoms with van der Waals surface area (Å²) in [5, 5.41) is 0. The largest absolute Gasteiger partial charge is 0.462 e. The van der Waals surface area contributed by atoms with Crippen LogP contribution in [0.1, 0.15) is 258 Å². The highest BCUT2D eigenvalue weighted by Gasteiger charge is 2.19. The Morgan fingerprint density at radius 1 is 0.328 bits per heavy atom. The zero-order chi connectivity index (χ0) is 46.5. The average Bonchev–Trinajstić information content (AvgIpc) is 3.29. The second-order valence-corrected chi connectivity index (χ2v) is 17.7. The van der Waals surface area contributed by atoms with Crippen molar-refractivity contribution in [2.75, 3.05) is 13.2 Å². The first kappa shape index (κ1) is 60.9. The number of allylic oxidation sites excluding steroid dienone is 12. The highest BCUT2D eigenvalue weighted by molar-refractivity contribution is 5.71. The average molecular weight is 893 g/mol. The van der Waals surface area contributed by atoms with Crippen LogP contribution < -0.4 is 0 Å². The molecule has 368 valence electrons. The predicted molar refractivity (Wildman–Crippen MR) is 274 cm³/mol. The molecule has 0 heterocycles. The summed E-state index contributed by atoms with van der Waals surface area (Å²) >= 11 is 0. The van der Waals surface area contributed by atoms with Crippen molar-refractivity contribution in [3.05, 3.63) is 72.9 Å². The first-order valence-corrected chi connectivity index (χ1v) is 26.9. The number of rotatable bonds is 48. The molecule has 0 aliphatic rings. The lowest BCUT2D eigenvalue weighted by Crippen LogP contribution is -2.30. The molecule has 0 amide bonds. The van der Waals surface area contributed by atoms with Gasteiger partial charge in [-0.25, -0.2) is 0 Å². The van der Waals surface area contributed by atoms with Crippen molar-refractivity contribution in [2.24, 2.45) is 0 Å². The van der Waals surface area contributed by atoms with E-state index in [-0.39, 0.29) is 31.1 Å². The van der Waals surface area contributed by atoms with Crippen LogP contribution in [0.5, 0.6) is 0 Å². The van der Waals surface area contributed by atoms with Gasteiger partial charge >= 0.3 is 17.9 Å². The predicted octanol–water partition coefficient (Wildman–Crippen LogP) is 17.8. The molecular formula is C58H100O6. The van der Waals surface area contributed by atoms with Crippen LogP contribution in [-0.4, -0.2) is 37.2 Å². The van der Waals surface area contributed by atoms with Gasteiger partial charge in [-0.2, -0.15) is 0 Å². The Labute approximate surface area is 395 Å². The van der Waals surface area contributed by atoms with Crippen molar-refractivity contribution in [1.29, 1.82) is 0 Å². The summed E-state index contributed by atoms with van der Waals surface area (Å²) in [6.07, 6.45) is 66.1. The van der Waals surface area contributed by atoms with Crippen molar-refractivity contribution in [1.82, 2.24) is 0 Å². The number of hydrogen-bond donors (Lipinski definition) is 0. The van der Waals surface area contributed by atoms with Gasteiger partial charge in [0.05, 0.1) is 0 Å². The first-order chi connectivity index (χ1) is 31.5. The summed E-state index contributed by atoms with van der Waals surface area (Å²) in [6, 6.07) is 0. The zero-order valence-electron chi connectivity index (χ0n) is 42.0. The molecule has 64 heavy (non-hydrogen) atoms. The quantitative estimate of drug-likeness (QED) is 0.0262. The van der Waals surface area contributed by atoms with E-state index in [0.717, 1.165) is 116 Å². The van der Waals surface area contributed by atoms with Gasteiger partial charge in [0.2, 0.25) is 0 Å². The molecule has 0 bridgehead atoms. The molecule has 0 aromatic heterocycles. The number of hydrogen-bond acceptors (Lipinski definition) is 6. The van der Waals surface area contributed by atoms with E-state index in [1.54, 1.807) is 0 Å². The molecule has 0 aliphatic heterocycles. The van der Waals surface area contributed by atoms with E-state index < -0.39 is 6.10 Å². The molecular weight excluding hydrogens is 793 g/mol. The maximum absolute atomic E-state index is 12.8. The standard InChI is InChI=1S/C58H100O6/c1-4-7-10-13-16-19-22-24-26-27-28-29-30-31-33-34-36-39-42-45-48-51-57(60)63-54-55(53-62-56(59)50-47-44-41-38-21-18-15-12-9-6-3)64-58(61)52-49-46-43-40-37-35-32-25-23-20-17-14-11-8-5-2/h8,11-12,15,17,20,22,24-25,27-28,32,55H,4-7,9-10,13-14,16,18-19,21,23,26,29-31,33-54H2,1-3H3/b11-8-,15-12-,20-17-,24-22-,28-27-,32-25-. The fraction of sp³-hybridized carbons (Fsp3) is 0.741. The van der Waals surface area contributed by atoms with Gasteiger partial charge in [0.15, 0.2) is 6.10 Å². The Bertz CT molecular complexity index is 1210. The monoisotopic (exact) mass is 893 g/mol. The van der Waals surface area contributed by atoms with Gasteiger partial charge in [0, 0.05) is 19.3 Å². The Balaban J connectivity index is 4.33. The summed E-state index contributed by atoms with van der Waals surface area (Å²) in [4.78, 5) is 38.0. The fourth-order valence-electron chi connectivity index (χ4n) is 7.37. The molecule has 1 atom stereocenters. The maximum Gasteiger partial charge on any atom is 0.306 e. The van der Waals surface area contributed by atoms with Crippen LogP contribution in [0.4, 0.5) is 0 Å². The van der Waals surface area contributed by atoms with Gasteiger partial charge in [-0.05, 0) is 103 Å². The molecule has 0 rings (SSSR count). The summed E-state index contributed by atoms with van der Waals surface area (Å²) in [7, 11) is 0. The van der Waals surface area contributed by atoms with Crippen molar-refractivity contribution < 1.29 is 28.6 Å². The zero-order valence-corrected chi connectivity index (χ0v) is 42.0. The second kappa shape index (κ2) is 52.5. The number of carbonyl (C=O) groups excluding carboxylic acids is 3. The van der Waals surface area contributed by atoms with Crippen LogP contribution >= 0.6 is 0 Å². The van der Waals surface area contributed by atoms with Crippen molar-refractivity contribution in [2.45, 2.75) is 264 Å². The van der Waals surface area contributed by atoms with Crippen molar-refractivity contribution in [3.63, 3.8) is 0 Å². The number of carbonyl (C=O) groups is 3. The van der Waals surface area contributed by atoms with Gasteiger partial charge in [0.25, 0.3) is 0 Å². The van der Waals surface area contributed by atoms with Gasteiger partial charge in [-0.15, -0.1) is 0 Å². The molecule has 0 aromatic carbocycles. The molecule has 0 radical (unpaired) electrons. The van der Waals surface area contributed by atoms with Gasteiger partial charge in [-0.1, -0.05) is 209 Å². The normalized spacial score (nSPS) is 12.6. The van der Waals surface area contributed by atoms with E-state index in [0.29, 0.717) is 19.3 Å². The lowest BCUT2D eigenvalue weighted by atomic mass is 10.1. The van der Waals surface area contributed by atoms with Crippen LogP contribution in [0.15, 0.2) is 72.9 Å². The lowest BCUT2D eigenvalue weighted by Gasteiger charge is -2.18. The van der Waals surface area contributed by atoms with E-state index in [2.05, 4.69) is 93.7 Å². The minimum absolute atomic E-state index is 0.0874. The van der Waals surface area contributed by atoms with Crippen LogP contribution in [-0.2, 0) is 28.6 Å². The van der Waals surface area contributed by atoms with Crippen LogP contribution in [0.2, 0.25) is 0 Å². The fourth-order valence-corrected chi connectivity index (χ4v) is 7.37. The molecule has 0 aliphatic carbocycles. The molecule has 0 saturated heterocycles. The molecule has 1 unspecified atom stereocenters. The third-order valence-corrected chi connectivity index (χ3v) is 11.4. The number of unbranched alkanes of at least 4 members (excludes halogenated alkanes) is 25. The molecule has 0 fully saturated rings. The van der Waals surface area contributed by atoms with E-state index in [1.165, 1.54) is 103 Å². The Hall–Kier alpha value is -3.15. The van der Waals surface area contributed by atoms with Crippen molar-refractivity contribution in [3.8, 4) is 0 Å². The van der Waals surface area contributed by atoms with Gasteiger partial charge < -0.3 is 14.2 Å². The van der Waals surface area contributed by atoms with E-state index >= 15 is 0 Å². The molecule has 0 N–H and O–H groups in total. The first-order valence-electron chi connectivity index (χ1n) is 26.9. The third kappa shape index (κ3) is 49.9. The Morgan fingerprint density at radius 3 is 1.03 bits per heavy atom. The van der Waals surface area contributed by atoms with E-state index in [1.807, 2.05) is 0 Å². The molecule has 0 spiro atoms. The second-order valence-electron chi connectivity index (χ2n) is 17.7. The number of esters is 3. The van der Waals surface area contributed by atoms with E-state index in [9.17, 15) is 14.4 Å². The molecule has 0 aromatic rings. The van der Waals surface area contributed by atoms with Crippen LogP contribution in [0.3, 0.4) is 0 Å².